The number of nitrogens with zero attached hydrogens (tertiary/aromatic N) is 1. The van der Waals surface area contributed by atoms with Gasteiger partial charge in [-0.25, -0.2) is 4.98 Å². The van der Waals surface area contributed by atoms with E-state index in [-0.39, 0.29) is 18.8 Å². The lowest BCUT2D eigenvalue weighted by Crippen LogP contribution is -2.34. The van der Waals surface area contributed by atoms with E-state index in [1.165, 1.54) is 7.11 Å². The number of benzene rings is 1. The van der Waals surface area contributed by atoms with Gasteiger partial charge in [0.15, 0.2) is 5.79 Å². The van der Waals surface area contributed by atoms with E-state index in [2.05, 4.69) is 25.1 Å². The van der Waals surface area contributed by atoms with Crippen molar-refractivity contribution in [3.05, 3.63) is 39.5 Å². The Kier molecular flexibility index (Phi) is 8.02. The monoisotopic (exact) mass is 573 g/mol. The molecule has 1 aromatic carbocycles. The fourth-order valence-electron chi connectivity index (χ4n) is 3.88. The van der Waals surface area contributed by atoms with Crippen molar-refractivity contribution >= 4 is 48.6 Å². The van der Waals surface area contributed by atoms with E-state index in [4.69, 9.17) is 21.1 Å². The third-order valence-electron chi connectivity index (χ3n) is 5.66. The summed E-state index contributed by atoms with van der Waals surface area (Å²) < 4.78 is 77.7. The standard InChI is InChI=1S/C21H24BrClF3NO5S/c1-20(2,30-3)31-18-11-15(32-33(28,29)21(24,25)26)9-14(18)7-5-12-4-6-13-10-16(22)19(23)27-17(13)8-12/h4,6,8,10,14-15,18H,5,7,9,11H2,1-3H3/t14-,15-,18-/m0/s1. The van der Waals surface area contributed by atoms with E-state index < -0.39 is 33.6 Å². The molecular formula is C21H24BrClF3NO5S. The van der Waals surface area contributed by atoms with Gasteiger partial charge in [-0.1, -0.05) is 23.7 Å². The first-order valence-corrected chi connectivity index (χ1v) is 12.8. The summed E-state index contributed by atoms with van der Waals surface area (Å²) in [5.74, 6) is -1.22. The third kappa shape index (κ3) is 6.58. The highest BCUT2D eigenvalue weighted by atomic mass is 79.9. The fourth-order valence-corrected chi connectivity index (χ4v) is 4.99. The van der Waals surface area contributed by atoms with Crippen molar-refractivity contribution in [1.82, 2.24) is 4.98 Å². The normalized spacial score (nSPS) is 22.2. The first kappa shape index (κ1) is 26.6. The maximum atomic E-state index is 12.8. The van der Waals surface area contributed by atoms with Gasteiger partial charge in [0.05, 0.1) is 22.2 Å². The predicted molar refractivity (Wildman–Crippen MR) is 121 cm³/mol. The molecule has 1 fully saturated rings. The minimum atomic E-state index is -5.69. The molecule has 2 aromatic rings. The molecule has 1 aliphatic rings. The number of halogens is 5. The summed E-state index contributed by atoms with van der Waals surface area (Å²) in [7, 11) is -4.23. The van der Waals surface area contributed by atoms with Crippen LogP contribution in [0.15, 0.2) is 28.7 Å². The minimum absolute atomic E-state index is 0.00960. The Morgan fingerprint density at radius 1 is 1.21 bits per heavy atom. The maximum absolute atomic E-state index is 12.8. The zero-order chi connectivity index (χ0) is 24.6. The number of alkyl halides is 3. The number of methoxy groups -OCH3 is 1. The van der Waals surface area contributed by atoms with Gasteiger partial charge in [0.25, 0.3) is 0 Å². The number of aryl methyl sites for hydroxylation is 1. The van der Waals surface area contributed by atoms with Crippen molar-refractivity contribution in [2.24, 2.45) is 5.92 Å². The van der Waals surface area contributed by atoms with E-state index in [0.717, 1.165) is 16.5 Å². The van der Waals surface area contributed by atoms with Gasteiger partial charge in [-0.2, -0.15) is 21.6 Å². The Morgan fingerprint density at radius 2 is 1.91 bits per heavy atom. The van der Waals surface area contributed by atoms with Crippen LogP contribution >= 0.6 is 27.5 Å². The van der Waals surface area contributed by atoms with E-state index in [1.807, 2.05) is 24.3 Å². The molecule has 0 radical (unpaired) electrons. The van der Waals surface area contributed by atoms with Crippen molar-refractivity contribution in [2.45, 2.75) is 63.0 Å². The zero-order valence-corrected chi connectivity index (χ0v) is 21.3. The molecule has 0 amide bonds. The molecule has 33 heavy (non-hydrogen) atoms. The van der Waals surface area contributed by atoms with Crippen molar-refractivity contribution in [1.29, 1.82) is 0 Å². The second-order valence-electron chi connectivity index (χ2n) is 8.44. The molecule has 184 valence electrons. The molecule has 0 unspecified atom stereocenters. The number of fused-ring (bicyclic) bond motifs is 1. The summed E-state index contributed by atoms with van der Waals surface area (Å²) in [4.78, 5) is 4.35. The first-order chi connectivity index (χ1) is 15.2. The van der Waals surface area contributed by atoms with Gasteiger partial charge < -0.3 is 9.47 Å². The van der Waals surface area contributed by atoms with Gasteiger partial charge in [-0.15, -0.1) is 0 Å². The molecule has 12 heteroatoms. The van der Waals surface area contributed by atoms with Gasteiger partial charge >= 0.3 is 15.6 Å². The Bertz CT molecular complexity index is 1110. The SMILES string of the molecule is COC(C)(C)O[C@H]1C[C@@H](OS(=O)(=O)C(F)(F)F)C[C@@H]1CCc1ccc2cc(Br)c(Cl)nc2c1. The number of aromatic nitrogens is 1. The van der Waals surface area contributed by atoms with Crippen LogP contribution in [0.3, 0.4) is 0 Å². The number of rotatable bonds is 8. The lowest BCUT2D eigenvalue weighted by molar-refractivity contribution is -0.230. The van der Waals surface area contributed by atoms with Crippen LogP contribution in [0.1, 0.15) is 38.7 Å². The van der Waals surface area contributed by atoms with Gasteiger partial charge in [-0.05, 0) is 72.7 Å². The topological polar surface area (TPSA) is 74.7 Å². The van der Waals surface area contributed by atoms with Crippen LogP contribution in [0.4, 0.5) is 13.2 Å². The average molecular weight is 575 g/mol. The second-order valence-corrected chi connectivity index (χ2v) is 11.2. The van der Waals surface area contributed by atoms with E-state index in [1.54, 1.807) is 13.8 Å². The molecule has 1 saturated carbocycles. The summed E-state index contributed by atoms with van der Waals surface area (Å²) in [6.07, 6.45) is -0.403. The lowest BCUT2D eigenvalue weighted by Gasteiger charge is -2.30. The highest BCUT2D eigenvalue weighted by molar-refractivity contribution is 9.10. The van der Waals surface area contributed by atoms with Crippen LogP contribution in [-0.2, 0) is 30.2 Å². The number of hydrogen-bond acceptors (Lipinski definition) is 6. The molecule has 0 aliphatic heterocycles. The Labute approximate surface area is 204 Å². The third-order valence-corrected chi connectivity index (χ3v) is 7.87. The summed E-state index contributed by atoms with van der Waals surface area (Å²) in [6.45, 7) is 3.36. The van der Waals surface area contributed by atoms with Gasteiger partial charge in [0, 0.05) is 18.9 Å². The molecule has 0 saturated heterocycles. The van der Waals surface area contributed by atoms with Crippen molar-refractivity contribution in [2.75, 3.05) is 7.11 Å². The maximum Gasteiger partial charge on any atom is 0.523 e. The van der Waals surface area contributed by atoms with Crippen LogP contribution in [0.5, 0.6) is 0 Å². The average Bonchev–Trinajstić information content (AvgIpc) is 3.06. The molecule has 6 nitrogen and oxygen atoms in total. The smallest absolute Gasteiger partial charge is 0.354 e. The number of hydrogen-bond donors (Lipinski definition) is 0. The number of ether oxygens (including phenoxy) is 2. The Balaban J connectivity index is 1.75. The minimum Gasteiger partial charge on any atom is -0.354 e. The Morgan fingerprint density at radius 3 is 2.55 bits per heavy atom. The molecular weight excluding hydrogens is 551 g/mol. The van der Waals surface area contributed by atoms with Crippen LogP contribution in [0, 0.1) is 5.92 Å². The van der Waals surface area contributed by atoms with Crippen LogP contribution in [0.2, 0.25) is 5.15 Å². The van der Waals surface area contributed by atoms with Gasteiger partial charge in [-0.3, -0.25) is 4.18 Å². The highest BCUT2D eigenvalue weighted by Crippen LogP contribution is 2.39. The summed E-state index contributed by atoms with van der Waals surface area (Å²) >= 11 is 9.43. The van der Waals surface area contributed by atoms with Crippen molar-refractivity contribution in [3.63, 3.8) is 0 Å². The Hall–Kier alpha value is -0.980. The molecule has 0 bridgehead atoms. The first-order valence-electron chi connectivity index (χ1n) is 10.2. The van der Waals surface area contributed by atoms with Crippen molar-refractivity contribution < 1.29 is 35.2 Å². The summed E-state index contributed by atoms with van der Waals surface area (Å²) in [5.41, 5.74) is -3.79. The molecule has 0 N–H and O–H groups in total. The summed E-state index contributed by atoms with van der Waals surface area (Å²) in [6, 6.07) is 7.62. The van der Waals surface area contributed by atoms with Gasteiger partial charge in [0.1, 0.15) is 5.15 Å². The number of pyridine rings is 1. The lowest BCUT2D eigenvalue weighted by atomic mass is 9.95. The molecule has 1 aliphatic carbocycles. The van der Waals surface area contributed by atoms with Gasteiger partial charge in [0.2, 0.25) is 0 Å². The summed E-state index contributed by atoms with van der Waals surface area (Å²) in [5, 5.41) is 1.25. The molecule has 1 aromatic heterocycles. The largest absolute Gasteiger partial charge is 0.523 e. The van der Waals surface area contributed by atoms with Crippen molar-refractivity contribution in [3.8, 4) is 0 Å². The van der Waals surface area contributed by atoms with Crippen LogP contribution in [0.25, 0.3) is 10.9 Å². The fraction of sp³-hybridized carbons (Fsp3) is 0.571. The highest BCUT2D eigenvalue weighted by Gasteiger charge is 2.50. The van der Waals surface area contributed by atoms with E-state index in [9.17, 15) is 21.6 Å². The molecule has 3 atom stereocenters. The molecule has 3 rings (SSSR count). The second kappa shape index (κ2) is 9.94. The van der Waals surface area contributed by atoms with E-state index in [0.29, 0.717) is 22.5 Å². The van der Waals surface area contributed by atoms with E-state index >= 15 is 0 Å². The van der Waals surface area contributed by atoms with Crippen LogP contribution in [-0.4, -0.2) is 44.0 Å². The molecule has 1 heterocycles. The quantitative estimate of drug-likeness (QED) is 0.167. The van der Waals surface area contributed by atoms with Crippen LogP contribution < -0.4 is 0 Å². The zero-order valence-electron chi connectivity index (χ0n) is 18.2. The molecule has 0 spiro atoms. The predicted octanol–water partition coefficient (Wildman–Crippen LogP) is 6.00.